The predicted molar refractivity (Wildman–Crippen MR) is 130 cm³/mol. The minimum absolute atomic E-state index is 0.162. The summed E-state index contributed by atoms with van der Waals surface area (Å²) >= 11 is 0. The number of benzene rings is 2. The van der Waals surface area contributed by atoms with Gasteiger partial charge in [-0.05, 0) is 51.0 Å². The molecule has 0 radical (unpaired) electrons. The second-order valence-corrected chi connectivity index (χ2v) is 10.1. The first-order valence-electron chi connectivity index (χ1n) is 12.0. The SMILES string of the molecule is C[C@H](O)C(=O)Nc1cccc(CN2C(=O)[C@]3(O[C@H](CCO)[C@@H](C(C)(C)F)[C@@H]3C)c3ccccc32)c1. The Balaban J connectivity index is 1.70. The van der Waals surface area contributed by atoms with Gasteiger partial charge in [-0.25, -0.2) is 4.39 Å². The number of aliphatic hydroxyl groups is 2. The van der Waals surface area contributed by atoms with Gasteiger partial charge in [-0.15, -0.1) is 0 Å². The van der Waals surface area contributed by atoms with Crippen molar-refractivity contribution in [2.75, 3.05) is 16.8 Å². The Kier molecular flexibility index (Phi) is 6.74. The number of aliphatic hydroxyl groups excluding tert-OH is 2. The summed E-state index contributed by atoms with van der Waals surface area (Å²) in [6, 6.07) is 14.5. The van der Waals surface area contributed by atoms with E-state index < -0.39 is 41.2 Å². The molecule has 0 saturated carbocycles. The number of nitrogens with one attached hydrogen (secondary N) is 1. The summed E-state index contributed by atoms with van der Waals surface area (Å²) < 4.78 is 21.8. The molecule has 188 valence electrons. The standard InChI is InChI=1S/C27H33FN2O5/c1-16-23(26(3,4)28)22(12-13-31)35-27(16)20-10-5-6-11-21(20)30(25(27)34)15-18-8-7-9-19(14-18)29-24(33)17(2)32/h5-11,14,16-17,22-23,31-32H,12-13,15H2,1-4H3,(H,29,33)/t16-,17-,22+,23-,27+/m0/s1. The smallest absolute Gasteiger partial charge is 0.264 e. The van der Waals surface area contributed by atoms with E-state index in [0.717, 1.165) is 5.56 Å². The van der Waals surface area contributed by atoms with Gasteiger partial charge >= 0.3 is 0 Å². The number of ether oxygens (including phenoxy) is 1. The van der Waals surface area contributed by atoms with Crippen LogP contribution in [0.4, 0.5) is 15.8 Å². The van der Waals surface area contributed by atoms with Gasteiger partial charge in [-0.1, -0.05) is 37.3 Å². The highest BCUT2D eigenvalue weighted by atomic mass is 19.1. The first-order valence-corrected chi connectivity index (χ1v) is 12.0. The van der Waals surface area contributed by atoms with E-state index >= 15 is 4.39 Å². The molecule has 0 bridgehead atoms. The number of amides is 2. The highest BCUT2D eigenvalue weighted by molar-refractivity contribution is 6.07. The third-order valence-electron chi connectivity index (χ3n) is 7.20. The van der Waals surface area contributed by atoms with Crippen molar-refractivity contribution in [1.82, 2.24) is 0 Å². The fraction of sp³-hybridized carbons (Fsp3) is 0.481. The Morgan fingerprint density at radius 2 is 1.97 bits per heavy atom. The Labute approximate surface area is 204 Å². The highest BCUT2D eigenvalue weighted by Gasteiger charge is 2.65. The number of halogens is 1. The van der Waals surface area contributed by atoms with E-state index in [1.807, 2.05) is 37.3 Å². The maximum absolute atomic E-state index is 15.4. The Hall–Kier alpha value is -2.81. The van der Waals surface area contributed by atoms with Gasteiger partial charge < -0.3 is 25.2 Å². The minimum atomic E-state index is -1.61. The molecule has 4 rings (SSSR count). The van der Waals surface area contributed by atoms with Crippen LogP contribution in [0.1, 0.15) is 45.2 Å². The molecular formula is C27H33FN2O5. The third kappa shape index (κ3) is 4.35. The number of alkyl halides is 1. The second-order valence-electron chi connectivity index (χ2n) is 10.1. The lowest BCUT2D eigenvalue weighted by atomic mass is 9.71. The summed E-state index contributed by atoms with van der Waals surface area (Å²) in [6.45, 7) is 6.30. The number of carbonyl (C=O) groups is 2. The lowest BCUT2D eigenvalue weighted by molar-refractivity contribution is -0.146. The van der Waals surface area contributed by atoms with Gasteiger partial charge in [-0.2, -0.15) is 0 Å². The third-order valence-corrected chi connectivity index (χ3v) is 7.20. The molecule has 0 unspecified atom stereocenters. The normalized spacial score (nSPS) is 26.8. The number of nitrogens with zero attached hydrogens (tertiary/aromatic N) is 1. The molecule has 0 aliphatic carbocycles. The van der Waals surface area contributed by atoms with Crippen LogP contribution in [-0.2, 0) is 26.5 Å². The van der Waals surface area contributed by atoms with E-state index in [2.05, 4.69) is 5.32 Å². The number of hydrogen-bond donors (Lipinski definition) is 3. The molecule has 3 N–H and O–H groups in total. The molecular weight excluding hydrogens is 451 g/mol. The van der Waals surface area contributed by atoms with E-state index in [4.69, 9.17) is 4.74 Å². The quantitative estimate of drug-likeness (QED) is 0.559. The molecule has 1 saturated heterocycles. The Morgan fingerprint density at radius 3 is 2.63 bits per heavy atom. The largest absolute Gasteiger partial charge is 0.396 e. The van der Waals surface area contributed by atoms with Gasteiger partial charge in [0.25, 0.3) is 11.8 Å². The Bertz CT molecular complexity index is 1110. The van der Waals surface area contributed by atoms with Crippen LogP contribution < -0.4 is 10.2 Å². The predicted octanol–water partition coefficient (Wildman–Crippen LogP) is 3.53. The van der Waals surface area contributed by atoms with E-state index in [-0.39, 0.29) is 25.5 Å². The maximum Gasteiger partial charge on any atom is 0.264 e. The number of rotatable bonds is 7. The Morgan fingerprint density at radius 1 is 1.26 bits per heavy atom. The van der Waals surface area contributed by atoms with Gasteiger partial charge in [0.1, 0.15) is 11.8 Å². The van der Waals surface area contributed by atoms with Crippen molar-refractivity contribution in [3.05, 3.63) is 59.7 Å². The highest BCUT2D eigenvalue weighted by Crippen LogP contribution is 2.58. The van der Waals surface area contributed by atoms with Gasteiger partial charge in [0.15, 0.2) is 5.60 Å². The van der Waals surface area contributed by atoms with Crippen molar-refractivity contribution in [1.29, 1.82) is 0 Å². The zero-order chi connectivity index (χ0) is 25.5. The minimum Gasteiger partial charge on any atom is -0.396 e. The van der Waals surface area contributed by atoms with Crippen molar-refractivity contribution in [3.8, 4) is 0 Å². The summed E-state index contributed by atoms with van der Waals surface area (Å²) in [5.74, 6) is -1.83. The van der Waals surface area contributed by atoms with E-state index in [0.29, 0.717) is 16.9 Å². The van der Waals surface area contributed by atoms with Crippen molar-refractivity contribution in [3.63, 3.8) is 0 Å². The topological polar surface area (TPSA) is 99.1 Å². The van der Waals surface area contributed by atoms with Crippen LogP contribution in [0, 0.1) is 11.8 Å². The lowest BCUT2D eigenvalue weighted by Gasteiger charge is -2.32. The van der Waals surface area contributed by atoms with Crippen molar-refractivity contribution >= 4 is 23.2 Å². The monoisotopic (exact) mass is 484 g/mol. The van der Waals surface area contributed by atoms with Crippen molar-refractivity contribution in [2.45, 2.75) is 64.1 Å². The average Bonchev–Trinajstić information content (AvgIpc) is 3.21. The fourth-order valence-electron chi connectivity index (χ4n) is 5.73. The van der Waals surface area contributed by atoms with Gasteiger partial charge in [0.2, 0.25) is 0 Å². The molecule has 1 fully saturated rings. The van der Waals surface area contributed by atoms with Crippen molar-refractivity contribution < 1.29 is 28.9 Å². The van der Waals surface area contributed by atoms with Gasteiger partial charge in [0.05, 0.1) is 18.3 Å². The van der Waals surface area contributed by atoms with Gasteiger partial charge in [-0.3, -0.25) is 9.59 Å². The molecule has 1 spiro atoms. The van der Waals surface area contributed by atoms with E-state index in [9.17, 15) is 19.8 Å². The zero-order valence-electron chi connectivity index (χ0n) is 20.5. The average molecular weight is 485 g/mol. The van der Waals surface area contributed by atoms with Crippen LogP contribution in [0.5, 0.6) is 0 Å². The summed E-state index contributed by atoms with van der Waals surface area (Å²) in [6.07, 6.45) is -1.51. The number of carbonyl (C=O) groups excluding carboxylic acids is 2. The molecule has 7 nitrogen and oxygen atoms in total. The maximum atomic E-state index is 15.4. The molecule has 2 aliphatic heterocycles. The van der Waals surface area contributed by atoms with Crippen LogP contribution >= 0.6 is 0 Å². The molecule has 5 atom stereocenters. The van der Waals surface area contributed by atoms with Crippen LogP contribution in [0.2, 0.25) is 0 Å². The van der Waals surface area contributed by atoms with Crippen LogP contribution in [0.15, 0.2) is 48.5 Å². The number of hydrogen-bond acceptors (Lipinski definition) is 5. The zero-order valence-corrected chi connectivity index (χ0v) is 20.5. The molecule has 35 heavy (non-hydrogen) atoms. The van der Waals surface area contributed by atoms with Crippen LogP contribution in [0.25, 0.3) is 0 Å². The molecule has 0 aromatic heterocycles. The van der Waals surface area contributed by atoms with Gasteiger partial charge in [0, 0.05) is 29.7 Å². The molecule has 2 aromatic rings. The number of fused-ring (bicyclic) bond motifs is 2. The number of para-hydroxylation sites is 1. The second kappa shape index (κ2) is 9.33. The molecule has 2 heterocycles. The summed E-state index contributed by atoms with van der Waals surface area (Å²) in [4.78, 5) is 27.6. The lowest BCUT2D eigenvalue weighted by Crippen LogP contribution is -2.45. The fourth-order valence-corrected chi connectivity index (χ4v) is 5.73. The van der Waals surface area contributed by atoms with E-state index in [1.54, 1.807) is 23.1 Å². The summed E-state index contributed by atoms with van der Waals surface area (Å²) in [7, 11) is 0. The summed E-state index contributed by atoms with van der Waals surface area (Å²) in [5.41, 5.74) is -0.275. The molecule has 8 heteroatoms. The molecule has 2 aliphatic rings. The van der Waals surface area contributed by atoms with Crippen LogP contribution in [-0.4, -0.2) is 46.5 Å². The number of anilines is 2. The molecule has 2 aromatic carbocycles. The van der Waals surface area contributed by atoms with Crippen LogP contribution in [0.3, 0.4) is 0 Å². The summed E-state index contributed by atoms with van der Waals surface area (Å²) in [5, 5.41) is 21.8. The first kappa shape index (κ1) is 25.3. The van der Waals surface area contributed by atoms with Crippen molar-refractivity contribution in [2.24, 2.45) is 11.8 Å². The first-order chi connectivity index (χ1) is 16.5. The molecule has 2 amide bonds. The van der Waals surface area contributed by atoms with E-state index in [1.165, 1.54) is 20.8 Å².